The van der Waals surface area contributed by atoms with Gasteiger partial charge >= 0.3 is 0 Å². The van der Waals surface area contributed by atoms with Crippen molar-refractivity contribution in [1.82, 2.24) is 9.97 Å². The summed E-state index contributed by atoms with van der Waals surface area (Å²) < 4.78 is 0. The zero-order chi connectivity index (χ0) is 11.3. The third kappa shape index (κ3) is 1.01. The van der Waals surface area contributed by atoms with Crippen molar-refractivity contribution in [2.75, 3.05) is 0 Å². The Bertz CT molecular complexity index is 626. The normalized spacial score (nSPS) is 13.6. The van der Waals surface area contributed by atoms with Gasteiger partial charge in [0.15, 0.2) is 0 Å². The first-order valence-electron chi connectivity index (χ1n) is 4.93. The topological polar surface area (TPSA) is 62.8 Å². The number of Topliss-reactive ketones (excluding diaryl/α,β-unsaturated/α-hetero) is 2. The van der Waals surface area contributed by atoms with Crippen molar-refractivity contribution in [3.63, 3.8) is 0 Å². The van der Waals surface area contributed by atoms with Crippen LogP contribution in [-0.4, -0.2) is 21.5 Å². The summed E-state index contributed by atoms with van der Waals surface area (Å²) in [6.45, 7) is 1.76. The lowest BCUT2D eigenvalue weighted by Gasteiger charge is -2.11. The van der Waals surface area contributed by atoms with E-state index in [0.717, 1.165) is 5.56 Å². The van der Waals surface area contributed by atoms with Crippen molar-refractivity contribution >= 4 is 11.6 Å². The summed E-state index contributed by atoms with van der Waals surface area (Å²) in [6.07, 6.45) is 0. The van der Waals surface area contributed by atoms with Crippen LogP contribution >= 0.6 is 0 Å². The number of aromatic nitrogens is 2. The highest BCUT2D eigenvalue weighted by Gasteiger charge is 2.32. The van der Waals surface area contributed by atoms with Crippen LogP contribution in [0.1, 0.15) is 26.7 Å². The second-order valence-corrected chi connectivity index (χ2v) is 3.75. The SMILES string of the molecule is Cc1nc2c([nH]1)C(=O)C(=O)c1ccccc1-2. The number of ketones is 2. The van der Waals surface area contributed by atoms with E-state index in [9.17, 15) is 9.59 Å². The monoisotopic (exact) mass is 212 g/mol. The molecule has 0 radical (unpaired) electrons. The number of rotatable bonds is 0. The third-order valence-corrected chi connectivity index (χ3v) is 2.68. The molecule has 2 aromatic rings. The number of nitrogens with one attached hydrogen (secondary N) is 1. The number of benzene rings is 1. The first-order chi connectivity index (χ1) is 7.68. The van der Waals surface area contributed by atoms with E-state index in [1.54, 1.807) is 25.1 Å². The number of imidazole rings is 1. The van der Waals surface area contributed by atoms with Crippen LogP contribution in [0.2, 0.25) is 0 Å². The molecule has 1 aliphatic rings. The Labute approximate surface area is 91.3 Å². The van der Waals surface area contributed by atoms with Crippen molar-refractivity contribution in [3.05, 3.63) is 41.3 Å². The first-order valence-corrected chi connectivity index (χ1v) is 4.93. The number of aryl methyl sites for hydroxylation is 1. The Morgan fingerprint density at radius 2 is 1.75 bits per heavy atom. The van der Waals surface area contributed by atoms with Crippen molar-refractivity contribution < 1.29 is 9.59 Å². The van der Waals surface area contributed by atoms with Gasteiger partial charge in [-0.3, -0.25) is 9.59 Å². The second-order valence-electron chi connectivity index (χ2n) is 3.75. The van der Waals surface area contributed by atoms with Gasteiger partial charge in [-0.2, -0.15) is 0 Å². The molecular formula is C12H8N2O2. The molecule has 4 nitrogen and oxygen atoms in total. The van der Waals surface area contributed by atoms with Gasteiger partial charge in [0.2, 0.25) is 5.78 Å². The lowest BCUT2D eigenvalue weighted by Crippen LogP contribution is -2.21. The molecule has 0 bridgehead atoms. The molecule has 1 aromatic heterocycles. The summed E-state index contributed by atoms with van der Waals surface area (Å²) in [4.78, 5) is 30.6. The van der Waals surface area contributed by atoms with Crippen molar-refractivity contribution in [1.29, 1.82) is 0 Å². The van der Waals surface area contributed by atoms with Crippen LogP contribution in [0.25, 0.3) is 11.3 Å². The summed E-state index contributed by atoms with van der Waals surface area (Å²) in [5, 5.41) is 0. The van der Waals surface area contributed by atoms with Gasteiger partial charge in [0.1, 0.15) is 17.2 Å². The molecule has 0 amide bonds. The Morgan fingerprint density at radius 3 is 2.50 bits per heavy atom. The van der Waals surface area contributed by atoms with Crippen LogP contribution < -0.4 is 0 Å². The Hall–Kier alpha value is -2.23. The molecule has 0 atom stereocenters. The van der Waals surface area contributed by atoms with Crippen LogP contribution in [0.3, 0.4) is 0 Å². The molecule has 0 aliphatic heterocycles. The highest BCUT2D eigenvalue weighted by Crippen LogP contribution is 2.31. The van der Waals surface area contributed by atoms with Gasteiger partial charge in [-0.05, 0) is 6.92 Å². The molecule has 78 valence electrons. The average Bonchev–Trinajstić information content (AvgIpc) is 2.68. The second kappa shape index (κ2) is 2.88. The van der Waals surface area contributed by atoms with E-state index in [4.69, 9.17) is 0 Å². The maximum Gasteiger partial charge on any atom is 0.251 e. The van der Waals surface area contributed by atoms with Gasteiger partial charge in [-0.1, -0.05) is 24.3 Å². The fraction of sp³-hybridized carbons (Fsp3) is 0.0833. The van der Waals surface area contributed by atoms with E-state index in [1.165, 1.54) is 0 Å². The quantitative estimate of drug-likeness (QED) is 0.677. The van der Waals surface area contributed by atoms with Gasteiger partial charge < -0.3 is 4.98 Å². The molecule has 1 aromatic carbocycles. The number of carbonyl (C=O) groups excluding carboxylic acids is 2. The number of nitrogens with zero attached hydrogens (tertiary/aromatic N) is 1. The fourth-order valence-electron chi connectivity index (χ4n) is 1.97. The van der Waals surface area contributed by atoms with Crippen molar-refractivity contribution in [3.8, 4) is 11.3 Å². The van der Waals surface area contributed by atoms with E-state index < -0.39 is 11.6 Å². The molecular weight excluding hydrogens is 204 g/mol. The molecule has 0 spiro atoms. The molecule has 1 aliphatic carbocycles. The molecule has 0 saturated heterocycles. The van der Waals surface area contributed by atoms with Crippen LogP contribution in [0.5, 0.6) is 0 Å². The predicted molar refractivity (Wildman–Crippen MR) is 57.4 cm³/mol. The molecule has 0 fully saturated rings. The summed E-state index contributed by atoms with van der Waals surface area (Å²) in [6, 6.07) is 7.03. The third-order valence-electron chi connectivity index (χ3n) is 2.68. The molecule has 4 heteroatoms. The highest BCUT2D eigenvalue weighted by molar-refractivity contribution is 6.52. The average molecular weight is 212 g/mol. The minimum Gasteiger partial charge on any atom is -0.339 e. The van der Waals surface area contributed by atoms with Crippen molar-refractivity contribution in [2.45, 2.75) is 6.92 Å². The van der Waals surface area contributed by atoms with Crippen LogP contribution in [0.15, 0.2) is 24.3 Å². The number of hydrogen-bond donors (Lipinski definition) is 1. The molecule has 1 heterocycles. The lowest BCUT2D eigenvalue weighted by molar-refractivity contribution is 0.0812. The smallest absolute Gasteiger partial charge is 0.251 e. The van der Waals surface area contributed by atoms with Crippen LogP contribution in [-0.2, 0) is 0 Å². The number of carbonyl (C=O) groups is 2. The minimum absolute atomic E-state index is 0.307. The van der Waals surface area contributed by atoms with Gasteiger partial charge in [-0.15, -0.1) is 0 Å². The van der Waals surface area contributed by atoms with Gasteiger partial charge in [0, 0.05) is 11.1 Å². The van der Waals surface area contributed by atoms with E-state index in [0.29, 0.717) is 22.8 Å². The number of H-pyrrole nitrogens is 1. The molecule has 0 saturated carbocycles. The summed E-state index contributed by atoms with van der Waals surface area (Å²) in [5.74, 6) is -0.330. The Morgan fingerprint density at radius 1 is 1.06 bits per heavy atom. The van der Waals surface area contributed by atoms with Gasteiger partial charge in [0.25, 0.3) is 5.78 Å². The number of aromatic amines is 1. The summed E-state index contributed by atoms with van der Waals surface area (Å²) in [7, 11) is 0. The largest absolute Gasteiger partial charge is 0.339 e. The highest BCUT2D eigenvalue weighted by atomic mass is 16.2. The van der Waals surface area contributed by atoms with Crippen molar-refractivity contribution in [2.24, 2.45) is 0 Å². The first kappa shape index (κ1) is 9.03. The zero-order valence-corrected chi connectivity index (χ0v) is 8.57. The molecule has 1 N–H and O–H groups in total. The Kier molecular flexibility index (Phi) is 1.63. The van der Waals surface area contributed by atoms with E-state index in [2.05, 4.69) is 9.97 Å². The van der Waals surface area contributed by atoms with Crippen LogP contribution in [0, 0.1) is 6.92 Å². The van der Waals surface area contributed by atoms with E-state index in [-0.39, 0.29) is 0 Å². The zero-order valence-electron chi connectivity index (χ0n) is 8.57. The number of fused-ring (bicyclic) bond motifs is 3. The van der Waals surface area contributed by atoms with Gasteiger partial charge in [-0.25, -0.2) is 4.98 Å². The van der Waals surface area contributed by atoms with Crippen LogP contribution in [0.4, 0.5) is 0 Å². The molecule has 3 rings (SSSR count). The molecule has 16 heavy (non-hydrogen) atoms. The van der Waals surface area contributed by atoms with Gasteiger partial charge in [0.05, 0.1) is 0 Å². The summed E-state index contributed by atoms with van der Waals surface area (Å²) >= 11 is 0. The number of hydrogen-bond acceptors (Lipinski definition) is 3. The van der Waals surface area contributed by atoms with E-state index >= 15 is 0 Å². The maximum atomic E-state index is 11.8. The lowest BCUT2D eigenvalue weighted by atomic mass is 9.90. The maximum absolute atomic E-state index is 11.8. The summed E-state index contributed by atoms with van der Waals surface area (Å²) in [5.41, 5.74) is 2.05. The standard InChI is InChI=1S/C12H8N2O2/c1-6-13-9-7-4-2-3-5-8(7)11(15)12(16)10(9)14-6/h2-5H,1H3,(H,13,14). The Balaban J connectivity index is 2.41. The predicted octanol–water partition coefficient (Wildman–Crippen LogP) is 1.76. The molecule has 0 unspecified atom stereocenters. The minimum atomic E-state index is -0.505. The van der Waals surface area contributed by atoms with E-state index in [1.807, 2.05) is 6.07 Å². The fourth-order valence-corrected chi connectivity index (χ4v) is 1.97.